The lowest BCUT2D eigenvalue weighted by molar-refractivity contribution is 0.696. The molecule has 1 aromatic carbocycles. The molecule has 0 atom stereocenters. The van der Waals surface area contributed by atoms with E-state index in [1.165, 1.54) is 18.4 Å². The van der Waals surface area contributed by atoms with Crippen LogP contribution in [-0.4, -0.2) is 16.3 Å². The van der Waals surface area contributed by atoms with Gasteiger partial charge >= 0.3 is 0 Å². The molecule has 0 radical (unpaired) electrons. The van der Waals surface area contributed by atoms with Crippen LogP contribution in [0.2, 0.25) is 0 Å². The Bertz CT molecular complexity index is 689. The van der Waals surface area contributed by atoms with Crippen molar-refractivity contribution in [1.82, 2.24) is 9.78 Å². The van der Waals surface area contributed by atoms with Crippen LogP contribution < -0.4 is 5.32 Å². The van der Waals surface area contributed by atoms with Crippen LogP contribution in [0.25, 0.3) is 11.1 Å². The second-order valence-electron chi connectivity index (χ2n) is 5.24. The Hall–Kier alpha value is -2.28. The Balaban J connectivity index is 1.81. The van der Waals surface area contributed by atoms with Crippen LogP contribution in [0.1, 0.15) is 29.9 Å². The Kier molecular flexibility index (Phi) is 2.16. The monoisotopic (exact) mass is 250 g/mol. The van der Waals surface area contributed by atoms with E-state index in [1.807, 2.05) is 16.9 Å². The van der Waals surface area contributed by atoms with Crippen molar-refractivity contribution in [2.45, 2.75) is 25.3 Å². The molecule has 19 heavy (non-hydrogen) atoms. The minimum absolute atomic E-state index is 0.611. The fourth-order valence-corrected chi connectivity index (χ4v) is 2.80. The van der Waals surface area contributed by atoms with E-state index >= 15 is 0 Å². The lowest BCUT2D eigenvalue weighted by Crippen LogP contribution is -1.95. The van der Waals surface area contributed by atoms with Gasteiger partial charge in [0.05, 0.1) is 24.4 Å². The zero-order valence-electron chi connectivity index (χ0n) is 10.6. The van der Waals surface area contributed by atoms with E-state index in [-0.39, 0.29) is 0 Å². The summed E-state index contributed by atoms with van der Waals surface area (Å²) in [6.07, 6.45) is 4.33. The summed E-state index contributed by atoms with van der Waals surface area (Å²) in [6.45, 7) is 1.85. The van der Waals surface area contributed by atoms with Gasteiger partial charge in [0.1, 0.15) is 5.82 Å². The molecule has 4 nitrogen and oxygen atoms in total. The number of hydrogen-bond donors (Lipinski definition) is 1. The smallest absolute Gasteiger partial charge is 0.132 e. The molecule has 1 aliphatic heterocycles. The van der Waals surface area contributed by atoms with Crippen LogP contribution in [0.4, 0.5) is 5.82 Å². The van der Waals surface area contributed by atoms with E-state index in [2.05, 4.69) is 28.6 Å². The number of anilines is 1. The van der Waals surface area contributed by atoms with E-state index in [9.17, 15) is 5.26 Å². The van der Waals surface area contributed by atoms with E-state index in [1.54, 1.807) is 0 Å². The second kappa shape index (κ2) is 3.86. The lowest BCUT2D eigenvalue weighted by atomic mass is 9.98. The number of nitrogens with one attached hydrogen (secondary N) is 1. The first-order valence-electron chi connectivity index (χ1n) is 6.71. The molecule has 2 heterocycles. The van der Waals surface area contributed by atoms with Crippen LogP contribution in [0.3, 0.4) is 0 Å². The summed E-state index contributed by atoms with van der Waals surface area (Å²) in [6, 6.07) is 8.58. The molecule has 94 valence electrons. The Morgan fingerprint density at radius 2 is 2.26 bits per heavy atom. The highest BCUT2D eigenvalue weighted by Gasteiger charge is 2.26. The van der Waals surface area contributed by atoms with Crippen molar-refractivity contribution in [3.8, 4) is 17.2 Å². The summed E-state index contributed by atoms with van der Waals surface area (Å²) >= 11 is 0. The fourth-order valence-electron chi connectivity index (χ4n) is 2.80. The molecule has 1 fully saturated rings. The van der Waals surface area contributed by atoms with Gasteiger partial charge < -0.3 is 5.32 Å². The number of benzene rings is 1. The summed E-state index contributed by atoms with van der Waals surface area (Å²) in [7, 11) is 0. The fraction of sp³-hybridized carbons (Fsp3) is 0.333. The molecule has 1 aromatic heterocycles. The Morgan fingerprint density at radius 3 is 3.05 bits per heavy atom. The lowest BCUT2D eigenvalue weighted by Gasteiger charge is -2.06. The first-order valence-corrected chi connectivity index (χ1v) is 6.71. The van der Waals surface area contributed by atoms with Gasteiger partial charge in [0, 0.05) is 12.1 Å². The maximum Gasteiger partial charge on any atom is 0.132 e. The van der Waals surface area contributed by atoms with Crippen molar-refractivity contribution in [2.75, 3.05) is 11.9 Å². The number of aromatic nitrogens is 2. The van der Waals surface area contributed by atoms with Crippen LogP contribution in [-0.2, 0) is 6.54 Å². The van der Waals surface area contributed by atoms with Crippen LogP contribution in [0.15, 0.2) is 24.4 Å². The predicted molar refractivity (Wildman–Crippen MR) is 72.8 cm³/mol. The average Bonchev–Trinajstić information content (AvgIpc) is 3.04. The normalized spacial score (nSPS) is 16.8. The van der Waals surface area contributed by atoms with Crippen molar-refractivity contribution in [3.05, 3.63) is 35.5 Å². The summed E-state index contributed by atoms with van der Waals surface area (Å²) in [4.78, 5) is 0. The molecule has 1 N–H and O–H groups in total. The molecule has 4 heteroatoms. The van der Waals surface area contributed by atoms with E-state index in [4.69, 9.17) is 0 Å². The zero-order valence-corrected chi connectivity index (χ0v) is 10.6. The van der Waals surface area contributed by atoms with Crippen molar-refractivity contribution >= 4 is 5.82 Å². The SMILES string of the molecule is N#Cc1cc(-c2cnn3c2NCC3)ccc1C1CC1. The predicted octanol–water partition coefficient (Wildman–Crippen LogP) is 2.72. The summed E-state index contributed by atoms with van der Waals surface area (Å²) in [5.74, 6) is 1.68. The van der Waals surface area contributed by atoms with Gasteiger partial charge in [-0.2, -0.15) is 10.4 Å². The van der Waals surface area contributed by atoms with E-state index < -0.39 is 0 Å². The highest BCUT2D eigenvalue weighted by Crippen LogP contribution is 2.42. The molecule has 0 unspecified atom stereocenters. The van der Waals surface area contributed by atoms with Gasteiger partial charge in [-0.15, -0.1) is 0 Å². The molecule has 1 saturated carbocycles. The third-order valence-electron chi connectivity index (χ3n) is 3.96. The molecule has 0 amide bonds. The molecule has 0 bridgehead atoms. The molecule has 2 aromatic rings. The van der Waals surface area contributed by atoms with Crippen LogP contribution >= 0.6 is 0 Å². The van der Waals surface area contributed by atoms with Crippen molar-refractivity contribution in [2.24, 2.45) is 0 Å². The standard InChI is InChI=1S/C15H14N4/c16-8-12-7-11(3-4-13(12)10-1-2-10)14-9-18-19-6-5-17-15(14)19/h3-4,7,9-10,17H,1-2,5-6H2. The number of fused-ring (bicyclic) bond motifs is 1. The topological polar surface area (TPSA) is 53.6 Å². The molecule has 4 rings (SSSR count). The summed E-state index contributed by atoms with van der Waals surface area (Å²) in [5, 5.41) is 17.0. The number of nitrogens with zero attached hydrogens (tertiary/aromatic N) is 3. The van der Waals surface area contributed by atoms with Crippen LogP contribution in [0.5, 0.6) is 0 Å². The quantitative estimate of drug-likeness (QED) is 0.891. The number of rotatable bonds is 2. The van der Waals surface area contributed by atoms with Gasteiger partial charge in [0.2, 0.25) is 0 Å². The maximum absolute atomic E-state index is 9.32. The van der Waals surface area contributed by atoms with Crippen molar-refractivity contribution in [1.29, 1.82) is 5.26 Å². The highest BCUT2D eigenvalue weighted by molar-refractivity contribution is 5.77. The summed E-state index contributed by atoms with van der Waals surface area (Å²) < 4.78 is 1.98. The van der Waals surface area contributed by atoms with Gasteiger partial charge in [-0.25, -0.2) is 4.68 Å². The van der Waals surface area contributed by atoms with Crippen molar-refractivity contribution < 1.29 is 0 Å². The molecular weight excluding hydrogens is 236 g/mol. The molecule has 1 aliphatic carbocycles. The minimum Gasteiger partial charge on any atom is -0.368 e. The number of nitriles is 1. The van der Waals surface area contributed by atoms with Gasteiger partial charge in [-0.05, 0) is 36.0 Å². The first kappa shape index (κ1) is 10.6. The average molecular weight is 250 g/mol. The Morgan fingerprint density at radius 1 is 1.37 bits per heavy atom. The first-order chi connectivity index (χ1) is 9.36. The molecule has 0 spiro atoms. The largest absolute Gasteiger partial charge is 0.368 e. The van der Waals surface area contributed by atoms with E-state index in [0.717, 1.165) is 35.6 Å². The third kappa shape index (κ3) is 1.62. The van der Waals surface area contributed by atoms with Gasteiger partial charge in [-0.3, -0.25) is 0 Å². The third-order valence-corrected chi connectivity index (χ3v) is 3.96. The minimum atomic E-state index is 0.611. The maximum atomic E-state index is 9.32. The van der Waals surface area contributed by atoms with Gasteiger partial charge in [-0.1, -0.05) is 12.1 Å². The molecular formula is C15H14N4. The summed E-state index contributed by atoms with van der Waals surface area (Å²) in [5.41, 5.74) is 4.20. The Labute approximate surface area is 111 Å². The van der Waals surface area contributed by atoms with Crippen molar-refractivity contribution in [3.63, 3.8) is 0 Å². The second-order valence-corrected chi connectivity index (χ2v) is 5.24. The zero-order chi connectivity index (χ0) is 12.8. The number of hydrogen-bond acceptors (Lipinski definition) is 3. The van der Waals surface area contributed by atoms with Gasteiger partial charge in [0.15, 0.2) is 0 Å². The molecule has 0 saturated heterocycles. The molecule has 2 aliphatic rings. The van der Waals surface area contributed by atoms with Crippen LogP contribution in [0, 0.1) is 11.3 Å². The van der Waals surface area contributed by atoms with Gasteiger partial charge in [0.25, 0.3) is 0 Å². The highest BCUT2D eigenvalue weighted by atomic mass is 15.4. The van der Waals surface area contributed by atoms with E-state index in [0.29, 0.717) is 5.92 Å².